The number of amides is 1. The van der Waals surface area contributed by atoms with Crippen molar-refractivity contribution in [2.24, 2.45) is 0 Å². The number of nitrogens with zero attached hydrogens (tertiary/aromatic N) is 3. The van der Waals surface area contributed by atoms with Gasteiger partial charge in [0.05, 0.1) is 5.69 Å². The first kappa shape index (κ1) is 19.7. The van der Waals surface area contributed by atoms with Gasteiger partial charge >= 0.3 is 0 Å². The van der Waals surface area contributed by atoms with Gasteiger partial charge in [-0.25, -0.2) is 4.98 Å². The summed E-state index contributed by atoms with van der Waals surface area (Å²) in [4.78, 5) is 21.7. The molecular formula is C25H24N4OS. The van der Waals surface area contributed by atoms with Crippen molar-refractivity contribution < 1.29 is 4.79 Å². The van der Waals surface area contributed by atoms with Crippen LogP contribution in [-0.2, 0) is 6.54 Å². The molecule has 5 nitrogen and oxygen atoms in total. The van der Waals surface area contributed by atoms with Crippen LogP contribution in [0.5, 0.6) is 0 Å². The Kier molecular flexibility index (Phi) is 5.63. The molecule has 2 atom stereocenters. The largest absolute Gasteiger partial charge is 0.339 e. The molecule has 6 heteroatoms. The molecule has 1 N–H and O–H groups in total. The van der Waals surface area contributed by atoms with E-state index in [1.165, 1.54) is 23.3 Å². The fourth-order valence-electron chi connectivity index (χ4n) is 4.41. The number of anilines is 1. The Hall–Kier alpha value is -3.25. The molecule has 5 rings (SSSR count). The number of hydrogen-bond acceptors (Lipinski definition) is 4. The van der Waals surface area contributed by atoms with Crippen LogP contribution in [-0.4, -0.2) is 20.4 Å². The van der Waals surface area contributed by atoms with Gasteiger partial charge in [0.25, 0.3) is 5.91 Å². The number of nitrogens with one attached hydrogen (secondary N) is 1. The summed E-state index contributed by atoms with van der Waals surface area (Å²) in [6.07, 6.45) is 8.91. The molecule has 1 aromatic carbocycles. The van der Waals surface area contributed by atoms with Crippen LogP contribution in [0.4, 0.5) is 5.13 Å². The van der Waals surface area contributed by atoms with Gasteiger partial charge in [-0.2, -0.15) is 0 Å². The SMILES string of the molecule is O=C(Nc1nc([C@H]2CC[C@H](c3ccccc3)C2)cs1)c1cccn1Cc1ccncc1. The maximum atomic E-state index is 12.9. The van der Waals surface area contributed by atoms with Crippen molar-refractivity contribution in [3.8, 4) is 0 Å². The number of thiazole rings is 1. The highest BCUT2D eigenvalue weighted by Gasteiger charge is 2.28. The van der Waals surface area contributed by atoms with E-state index in [2.05, 4.69) is 46.0 Å². The summed E-state index contributed by atoms with van der Waals surface area (Å²) < 4.78 is 1.95. The predicted molar refractivity (Wildman–Crippen MR) is 124 cm³/mol. The van der Waals surface area contributed by atoms with E-state index in [1.54, 1.807) is 12.4 Å². The highest BCUT2D eigenvalue weighted by atomic mass is 32.1. The van der Waals surface area contributed by atoms with Crippen molar-refractivity contribution in [3.63, 3.8) is 0 Å². The Morgan fingerprint density at radius 2 is 1.84 bits per heavy atom. The van der Waals surface area contributed by atoms with Crippen LogP contribution in [0.15, 0.2) is 78.6 Å². The quantitative estimate of drug-likeness (QED) is 0.429. The third kappa shape index (κ3) is 4.44. The van der Waals surface area contributed by atoms with Crippen LogP contribution in [0, 0.1) is 0 Å². The van der Waals surface area contributed by atoms with Crippen LogP contribution in [0.2, 0.25) is 0 Å². The molecule has 0 unspecified atom stereocenters. The summed E-state index contributed by atoms with van der Waals surface area (Å²) in [7, 11) is 0. The Balaban J connectivity index is 1.24. The molecule has 31 heavy (non-hydrogen) atoms. The molecule has 3 heterocycles. The normalized spacial score (nSPS) is 18.2. The fourth-order valence-corrected chi connectivity index (χ4v) is 5.20. The van der Waals surface area contributed by atoms with Crippen LogP contribution in [0.1, 0.15) is 58.4 Å². The fraction of sp³-hybridized carbons (Fsp3) is 0.240. The van der Waals surface area contributed by atoms with Crippen molar-refractivity contribution in [3.05, 3.63) is 101 Å². The molecule has 1 aliphatic carbocycles. The standard InChI is InChI=1S/C25H24N4OS/c30-24(23-7-4-14-29(23)16-18-10-12-26-13-11-18)28-25-27-22(17-31-25)21-9-8-20(15-21)19-5-2-1-3-6-19/h1-7,10-14,17,20-21H,8-9,15-16H2,(H,27,28,30)/t20-,21-/m0/s1. The Bertz CT molecular complexity index is 1150. The van der Waals surface area contributed by atoms with Crippen molar-refractivity contribution in [1.29, 1.82) is 0 Å². The first-order chi connectivity index (χ1) is 15.3. The van der Waals surface area contributed by atoms with Gasteiger partial charge in [-0.3, -0.25) is 15.1 Å². The molecule has 0 bridgehead atoms. The van der Waals surface area contributed by atoms with Crippen LogP contribution in [0.3, 0.4) is 0 Å². The number of benzene rings is 1. The number of carbonyl (C=O) groups excluding carboxylic acids is 1. The molecule has 3 aromatic heterocycles. The first-order valence-corrected chi connectivity index (χ1v) is 11.5. The summed E-state index contributed by atoms with van der Waals surface area (Å²) in [5, 5.41) is 5.76. The average molecular weight is 429 g/mol. The molecule has 0 aliphatic heterocycles. The maximum Gasteiger partial charge on any atom is 0.274 e. The molecule has 1 amide bonds. The lowest BCUT2D eigenvalue weighted by atomic mass is 9.96. The van der Waals surface area contributed by atoms with Gasteiger partial charge < -0.3 is 4.57 Å². The van der Waals surface area contributed by atoms with Gasteiger partial charge in [-0.1, -0.05) is 30.3 Å². The molecule has 1 saturated carbocycles. The Labute approximate surface area is 185 Å². The Morgan fingerprint density at radius 3 is 2.68 bits per heavy atom. The van der Waals surface area contributed by atoms with E-state index >= 15 is 0 Å². The average Bonchev–Trinajstić information content (AvgIpc) is 3.56. The van der Waals surface area contributed by atoms with Crippen molar-refractivity contribution in [1.82, 2.24) is 14.5 Å². The van der Waals surface area contributed by atoms with E-state index in [9.17, 15) is 4.79 Å². The smallest absolute Gasteiger partial charge is 0.274 e. The molecule has 4 aromatic rings. The monoisotopic (exact) mass is 428 g/mol. The van der Waals surface area contributed by atoms with E-state index in [0.29, 0.717) is 29.2 Å². The molecule has 156 valence electrons. The highest BCUT2D eigenvalue weighted by Crippen LogP contribution is 2.44. The van der Waals surface area contributed by atoms with Gasteiger partial charge in [-0.05, 0) is 60.6 Å². The number of hydrogen-bond donors (Lipinski definition) is 1. The number of aromatic nitrogens is 3. The van der Waals surface area contributed by atoms with Gasteiger partial charge in [-0.15, -0.1) is 11.3 Å². The van der Waals surface area contributed by atoms with E-state index in [-0.39, 0.29) is 5.91 Å². The van der Waals surface area contributed by atoms with E-state index in [4.69, 9.17) is 4.98 Å². The highest BCUT2D eigenvalue weighted by molar-refractivity contribution is 7.14. The second kappa shape index (κ2) is 8.86. The zero-order chi connectivity index (χ0) is 21.0. The molecular weight excluding hydrogens is 404 g/mol. The van der Waals surface area contributed by atoms with Gasteiger partial charge in [0, 0.05) is 36.4 Å². The van der Waals surface area contributed by atoms with Crippen LogP contribution in [0.25, 0.3) is 0 Å². The first-order valence-electron chi connectivity index (χ1n) is 10.6. The lowest BCUT2D eigenvalue weighted by molar-refractivity contribution is 0.101. The zero-order valence-corrected chi connectivity index (χ0v) is 18.0. The second-order valence-electron chi connectivity index (χ2n) is 8.03. The predicted octanol–water partition coefficient (Wildman–Crippen LogP) is 5.69. The van der Waals surface area contributed by atoms with E-state index < -0.39 is 0 Å². The van der Waals surface area contributed by atoms with Gasteiger partial charge in [0.15, 0.2) is 5.13 Å². The third-order valence-corrected chi connectivity index (χ3v) is 6.80. The zero-order valence-electron chi connectivity index (χ0n) is 17.1. The topological polar surface area (TPSA) is 59.8 Å². The van der Waals surface area contributed by atoms with Crippen molar-refractivity contribution >= 4 is 22.4 Å². The van der Waals surface area contributed by atoms with E-state index in [0.717, 1.165) is 24.1 Å². The van der Waals surface area contributed by atoms with E-state index in [1.807, 2.05) is 35.0 Å². The lowest BCUT2D eigenvalue weighted by Crippen LogP contribution is -2.17. The number of rotatable bonds is 6. The number of pyridine rings is 1. The molecule has 0 saturated heterocycles. The van der Waals surface area contributed by atoms with Gasteiger partial charge in [0.1, 0.15) is 5.69 Å². The van der Waals surface area contributed by atoms with Crippen molar-refractivity contribution in [2.45, 2.75) is 37.6 Å². The van der Waals surface area contributed by atoms with Gasteiger partial charge in [0.2, 0.25) is 0 Å². The summed E-state index contributed by atoms with van der Waals surface area (Å²) in [6, 6.07) is 18.4. The lowest BCUT2D eigenvalue weighted by Gasteiger charge is -2.10. The summed E-state index contributed by atoms with van der Waals surface area (Å²) in [6.45, 7) is 0.629. The molecule has 1 aliphatic rings. The minimum Gasteiger partial charge on any atom is -0.339 e. The second-order valence-corrected chi connectivity index (χ2v) is 8.88. The summed E-state index contributed by atoms with van der Waals surface area (Å²) >= 11 is 1.51. The third-order valence-electron chi connectivity index (χ3n) is 6.03. The summed E-state index contributed by atoms with van der Waals surface area (Å²) in [5.41, 5.74) is 4.25. The number of carbonyl (C=O) groups is 1. The molecule has 1 fully saturated rings. The summed E-state index contributed by atoms with van der Waals surface area (Å²) in [5.74, 6) is 0.929. The maximum absolute atomic E-state index is 12.9. The molecule has 0 radical (unpaired) electrons. The molecule has 0 spiro atoms. The minimum absolute atomic E-state index is 0.131. The van der Waals surface area contributed by atoms with Crippen molar-refractivity contribution in [2.75, 3.05) is 5.32 Å². The Morgan fingerprint density at radius 1 is 1.03 bits per heavy atom. The van der Waals surface area contributed by atoms with Crippen LogP contribution < -0.4 is 5.32 Å². The minimum atomic E-state index is -0.131. The van der Waals surface area contributed by atoms with Crippen LogP contribution >= 0.6 is 11.3 Å².